The highest BCUT2D eigenvalue weighted by Crippen LogP contribution is 2.31. The Morgan fingerprint density at radius 2 is 2.08 bits per heavy atom. The van der Waals surface area contributed by atoms with Crippen LogP contribution in [0.2, 0.25) is 0 Å². The Bertz CT molecular complexity index is 729. The summed E-state index contributed by atoms with van der Waals surface area (Å²) in [5.41, 5.74) is -0.593. The van der Waals surface area contributed by atoms with Gasteiger partial charge in [0.15, 0.2) is 0 Å². The summed E-state index contributed by atoms with van der Waals surface area (Å²) in [4.78, 5) is 13.1. The fourth-order valence-corrected chi connectivity index (χ4v) is 2.48. The molecular weight excluding hydrogens is 347 g/mol. The van der Waals surface area contributed by atoms with Gasteiger partial charge in [-0.05, 0) is 30.7 Å². The van der Waals surface area contributed by atoms with Crippen LogP contribution in [-0.4, -0.2) is 32.2 Å². The molecule has 0 bridgehead atoms. The van der Waals surface area contributed by atoms with Crippen molar-refractivity contribution in [1.82, 2.24) is 25.5 Å². The molecule has 0 unspecified atom stereocenters. The zero-order valence-corrected chi connectivity index (χ0v) is 14.8. The third-order valence-corrected chi connectivity index (χ3v) is 3.83. The molecule has 1 aromatic carbocycles. The number of unbranched alkanes of at least 4 members (excludes halogenated alkanes) is 2. The van der Waals surface area contributed by atoms with Gasteiger partial charge in [0.05, 0.1) is 5.56 Å². The highest BCUT2D eigenvalue weighted by atomic mass is 19.4. The summed E-state index contributed by atoms with van der Waals surface area (Å²) in [6, 6.07) is 4.72. The first kappa shape index (κ1) is 19.9. The van der Waals surface area contributed by atoms with E-state index in [0.717, 1.165) is 42.6 Å². The van der Waals surface area contributed by atoms with Crippen molar-refractivity contribution in [2.45, 2.75) is 58.3 Å². The predicted octanol–water partition coefficient (Wildman–Crippen LogP) is 3.44. The molecular formula is C17H22F3N5O. The van der Waals surface area contributed by atoms with Gasteiger partial charge in [-0.2, -0.15) is 18.0 Å². The second-order valence-electron chi connectivity index (χ2n) is 6.19. The van der Waals surface area contributed by atoms with Gasteiger partial charge in [-0.15, -0.1) is 10.2 Å². The number of hydrogen-bond acceptors (Lipinski definition) is 4. The van der Waals surface area contributed by atoms with Crippen LogP contribution in [0.25, 0.3) is 11.4 Å². The van der Waals surface area contributed by atoms with Gasteiger partial charge in [0.25, 0.3) is 0 Å². The lowest BCUT2D eigenvalue weighted by atomic mass is 10.1. The standard InChI is InChI=1S/C17H22F3N5O/c1-3-4-5-7-12(2)21-15(26)11-25-23-16(22-24-25)13-8-6-9-14(10-13)17(18,19)20/h6,8-10,12H,3-5,7,11H2,1-2H3,(H,21,26)/t12-/m0/s1. The number of hydrogen-bond donors (Lipinski definition) is 1. The molecule has 9 heteroatoms. The number of amides is 1. The van der Waals surface area contributed by atoms with Crippen molar-refractivity contribution in [3.05, 3.63) is 29.8 Å². The molecule has 0 aliphatic rings. The molecule has 1 aromatic heterocycles. The van der Waals surface area contributed by atoms with E-state index in [9.17, 15) is 18.0 Å². The normalized spacial score (nSPS) is 12.8. The Hall–Kier alpha value is -2.45. The average molecular weight is 369 g/mol. The van der Waals surface area contributed by atoms with Crippen molar-refractivity contribution in [3.8, 4) is 11.4 Å². The highest BCUT2D eigenvalue weighted by molar-refractivity contribution is 5.75. The number of halogens is 3. The molecule has 6 nitrogen and oxygen atoms in total. The van der Waals surface area contributed by atoms with Gasteiger partial charge >= 0.3 is 6.18 Å². The summed E-state index contributed by atoms with van der Waals surface area (Å²) in [7, 11) is 0. The Balaban J connectivity index is 1.96. The van der Waals surface area contributed by atoms with Crippen LogP contribution in [0.4, 0.5) is 13.2 Å². The topological polar surface area (TPSA) is 72.7 Å². The number of benzene rings is 1. The number of aromatic nitrogens is 4. The first-order valence-electron chi connectivity index (χ1n) is 8.54. The molecule has 26 heavy (non-hydrogen) atoms. The van der Waals surface area contributed by atoms with E-state index < -0.39 is 11.7 Å². The minimum atomic E-state index is -4.44. The molecule has 0 radical (unpaired) electrons. The van der Waals surface area contributed by atoms with Gasteiger partial charge in [0.1, 0.15) is 6.54 Å². The molecule has 1 amide bonds. The summed E-state index contributed by atoms with van der Waals surface area (Å²) >= 11 is 0. The van der Waals surface area contributed by atoms with Crippen LogP contribution in [0.1, 0.15) is 45.1 Å². The highest BCUT2D eigenvalue weighted by Gasteiger charge is 2.30. The van der Waals surface area contributed by atoms with Crippen molar-refractivity contribution in [2.75, 3.05) is 0 Å². The van der Waals surface area contributed by atoms with Gasteiger partial charge in [-0.25, -0.2) is 0 Å². The molecule has 142 valence electrons. The number of nitrogens with zero attached hydrogens (tertiary/aromatic N) is 4. The second-order valence-corrected chi connectivity index (χ2v) is 6.19. The van der Waals surface area contributed by atoms with Crippen LogP contribution in [0.15, 0.2) is 24.3 Å². The van der Waals surface area contributed by atoms with Crippen molar-refractivity contribution in [1.29, 1.82) is 0 Å². The Morgan fingerprint density at radius 1 is 1.31 bits per heavy atom. The third-order valence-electron chi connectivity index (χ3n) is 3.83. The van der Waals surface area contributed by atoms with E-state index in [4.69, 9.17) is 0 Å². The van der Waals surface area contributed by atoms with E-state index in [1.165, 1.54) is 12.1 Å². The number of alkyl halides is 3. The first-order chi connectivity index (χ1) is 12.3. The summed E-state index contributed by atoms with van der Waals surface area (Å²) in [6.45, 7) is 3.90. The van der Waals surface area contributed by atoms with Gasteiger partial charge in [-0.3, -0.25) is 4.79 Å². The Labute approximate surface area is 149 Å². The van der Waals surface area contributed by atoms with Crippen LogP contribution in [0, 0.1) is 0 Å². The zero-order chi connectivity index (χ0) is 19.2. The maximum Gasteiger partial charge on any atom is 0.416 e. The van der Waals surface area contributed by atoms with E-state index >= 15 is 0 Å². The Kier molecular flexibility index (Phi) is 6.70. The molecule has 1 atom stereocenters. The largest absolute Gasteiger partial charge is 0.416 e. The molecule has 0 fully saturated rings. The average Bonchev–Trinajstić information content (AvgIpc) is 3.02. The van der Waals surface area contributed by atoms with E-state index in [1.807, 2.05) is 6.92 Å². The predicted molar refractivity (Wildman–Crippen MR) is 90.0 cm³/mol. The van der Waals surface area contributed by atoms with Crippen molar-refractivity contribution in [2.24, 2.45) is 0 Å². The Morgan fingerprint density at radius 3 is 2.77 bits per heavy atom. The minimum absolute atomic E-state index is 0.0416. The minimum Gasteiger partial charge on any atom is -0.352 e. The quantitative estimate of drug-likeness (QED) is 0.724. The van der Waals surface area contributed by atoms with Gasteiger partial charge < -0.3 is 5.32 Å². The first-order valence-corrected chi connectivity index (χ1v) is 8.54. The SMILES string of the molecule is CCCCC[C@H](C)NC(=O)Cn1nnc(-c2cccc(C(F)(F)F)c2)n1. The van der Waals surface area contributed by atoms with Crippen LogP contribution in [-0.2, 0) is 17.5 Å². The zero-order valence-electron chi connectivity index (χ0n) is 14.8. The molecule has 2 aromatic rings. The molecule has 0 saturated carbocycles. The van der Waals surface area contributed by atoms with Gasteiger partial charge in [0.2, 0.25) is 11.7 Å². The number of tetrazole rings is 1. The van der Waals surface area contributed by atoms with Crippen molar-refractivity contribution >= 4 is 5.91 Å². The summed E-state index contributed by atoms with van der Waals surface area (Å²) in [6.07, 6.45) is -0.286. The molecule has 1 heterocycles. The fourth-order valence-electron chi connectivity index (χ4n) is 2.48. The van der Waals surface area contributed by atoms with E-state index in [1.54, 1.807) is 0 Å². The number of nitrogens with one attached hydrogen (secondary N) is 1. The number of carbonyl (C=O) groups is 1. The van der Waals surface area contributed by atoms with Crippen LogP contribution >= 0.6 is 0 Å². The summed E-state index contributed by atoms with van der Waals surface area (Å²) in [5.74, 6) is -0.220. The number of carbonyl (C=O) groups excluding carboxylic acids is 1. The number of rotatable bonds is 8. The van der Waals surface area contributed by atoms with Crippen molar-refractivity contribution in [3.63, 3.8) is 0 Å². The fraction of sp³-hybridized carbons (Fsp3) is 0.529. The molecule has 0 aliphatic carbocycles. The smallest absolute Gasteiger partial charge is 0.352 e. The lowest BCUT2D eigenvalue weighted by Gasteiger charge is -2.12. The third kappa shape index (κ3) is 5.82. The van der Waals surface area contributed by atoms with Crippen LogP contribution < -0.4 is 5.32 Å². The van der Waals surface area contributed by atoms with Crippen molar-refractivity contribution < 1.29 is 18.0 Å². The monoisotopic (exact) mass is 369 g/mol. The summed E-state index contributed by atoms with van der Waals surface area (Å²) in [5, 5.41) is 14.3. The lowest BCUT2D eigenvalue weighted by molar-refractivity contribution is -0.137. The molecule has 2 rings (SSSR count). The van der Waals surface area contributed by atoms with E-state index in [2.05, 4.69) is 27.7 Å². The maximum atomic E-state index is 12.8. The van der Waals surface area contributed by atoms with Gasteiger partial charge in [0, 0.05) is 11.6 Å². The molecule has 0 spiro atoms. The van der Waals surface area contributed by atoms with E-state index in [-0.39, 0.29) is 29.9 Å². The van der Waals surface area contributed by atoms with Crippen LogP contribution in [0.5, 0.6) is 0 Å². The van der Waals surface area contributed by atoms with E-state index in [0.29, 0.717) is 0 Å². The van der Waals surface area contributed by atoms with Crippen LogP contribution in [0.3, 0.4) is 0 Å². The molecule has 0 saturated heterocycles. The van der Waals surface area contributed by atoms with Gasteiger partial charge in [-0.1, -0.05) is 38.3 Å². The summed E-state index contributed by atoms with van der Waals surface area (Å²) < 4.78 is 38.3. The second kappa shape index (κ2) is 8.77. The lowest BCUT2D eigenvalue weighted by Crippen LogP contribution is -2.35. The maximum absolute atomic E-state index is 12.8. The molecule has 1 N–H and O–H groups in total. The molecule has 0 aliphatic heterocycles.